The molecule has 1 fully saturated rings. The highest BCUT2D eigenvalue weighted by molar-refractivity contribution is 14.1. The van der Waals surface area contributed by atoms with E-state index in [1.807, 2.05) is 31.2 Å². The number of rotatable bonds is 3. The summed E-state index contributed by atoms with van der Waals surface area (Å²) in [5.74, 6) is 0.676. The highest BCUT2D eigenvalue weighted by Gasteiger charge is 2.39. The number of carbonyl (C=O) groups is 2. The van der Waals surface area contributed by atoms with Gasteiger partial charge in [0.05, 0.1) is 10.9 Å². The second kappa shape index (κ2) is 5.39. The number of amides is 2. The summed E-state index contributed by atoms with van der Waals surface area (Å²) < 4.78 is 1.09. The molecule has 1 aromatic carbocycles. The standard InChI is InChI=1S/C12H12INO2S/c1-2-17-10-7-11(15)14(12(10)16)9-5-3-8(13)4-6-9/h3-6,10H,2,7H2,1H3. The van der Waals surface area contributed by atoms with Crippen LogP contribution in [-0.2, 0) is 9.59 Å². The molecular weight excluding hydrogens is 349 g/mol. The predicted octanol–water partition coefficient (Wildman–Crippen LogP) is 2.68. The second-order valence-electron chi connectivity index (χ2n) is 3.69. The van der Waals surface area contributed by atoms with Crippen LogP contribution in [0.4, 0.5) is 5.69 Å². The molecule has 3 nitrogen and oxygen atoms in total. The van der Waals surface area contributed by atoms with Crippen molar-refractivity contribution in [3.8, 4) is 0 Å². The number of anilines is 1. The Morgan fingerprint density at radius 3 is 2.59 bits per heavy atom. The van der Waals surface area contributed by atoms with E-state index in [1.165, 1.54) is 16.7 Å². The minimum Gasteiger partial charge on any atom is -0.274 e. The summed E-state index contributed by atoms with van der Waals surface area (Å²) in [6, 6.07) is 7.43. The van der Waals surface area contributed by atoms with Crippen molar-refractivity contribution in [2.75, 3.05) is 10.7 Å². The first-order valence-electron chi connectivity index (χ1n) is 5.37. The van der Waals surface area contributed by atoms with Crippen LogP contribution in [0.25, 0.3) is 0 Å². The van der Waals surface area contributed by atoms with Crippen molar-refractivity contribution >= 4 is 51.9 Å². The van der Waals surface area contributed by atoms with Crippen molar-refractivity contribution in [1.82, 2.24) is 0 Å². The van der Waals surface area contributed by atoms with Crippen molar-refractivity contribution in [3.05, 3.63) is 27.8 Å². The fourth-order valence-electron chi connectivity index (χ4n) is 1.80. The summed E-state index contributed by atoms with van der Waals surface area (Å²) in [5.41, 5.74) is 0.680. The van der Waals surface area contributed by atoms with Crippen molar-refractivity contribution < 1.29 is 9.59 Å². The molecule has 0 aliphatic carbocycles. The summed E-state index contributed by atoms with van der Waals surface area (Å²) in [6.07, 6.45) is 0.323. The topological polar surface area (TPSA) is 37.4 Å². The Balaban J connectivity index is 2.24. The van der Waals surface area contributed by atoms with E-state index in [0.29, 0.717) is 12.1 Å². The lowest BCUT2D eigenvalue weighted by Crippen LogP contribution is -2.31. The van der Waals surface area contributed by atoms with Crippen LogP contribution in [0.2, 0.25) is 0 Å². The molecule has 0 bridgehead atoms. The first kappa shape index (κ1) is 12.9. The van der Waals surface area contributed by atoms with Crippen LogP contribution in [0, 0.1) is 3.57 Å². The first-order valence-corrected chi connectivity index (χ1v) is 7.50. The monoisotopic (exact) mass is 361 g/mol. The maximum atomic E-state index is 12.1. The quantitative estimate of drug-likeness (QED) is 0.614. The van der Waals surface area contributed by atoms with E-state index in [2.05, 4.69) is 22.6 Å². The number of thioether (sulfide) groups is 1. The molecule has 0 radical (unpaired) electrons. The molecule has 1 unspecified atom stereocenters. The molecule has 2 rings (SSSR count). The fraction of sp³-hybridized carbons (Fsp3) is 0.333. The fourth-order valence-corrected chi connectivity index (χ4v) is 3.07. The Labute approximate surface area is 118 Å². The van der Waals surface area contributed by atoms with E-state index in [0.717, 1.165) is 9.32 Å². The third-order valence-corrected chi connectivity index (χ3v) is 4.38. The van der Waals surface area contributed by atoms with Gasteiger partial charge in [-0.3, -0.25) is 9.59 Å². The lowest BCUT2D eigenvalue weighted by Gasteiger charge is -2.14. The Kier molecular flexibility index (Phi) is 4.09. The molecule has 1 aliphatic rings. The zero-order valence-electron chi connectivity index (χ0n) is 9.35. The van der Waals surface area contributed by atoms with Gasteiger partial charge >= 0.3 is 0 Å². The molecule has 90 valence electrons. The minimum atomic E-state index is -0.202. The molecule has 1 aromatic rings. The number of nitrogens with zero attached hydrogens (tertiary/aromatic N) is 1. The van der Waals surface area contributed by atoms with Crippen LogP contribution < -0.4 is 4.90 Å². The molecule has 1 atom stereocenters. The molecule has 17 heavy (non-hydrogen) atoms. The molecule has 1 aliphatic heterocycles. The van der Waals surface area contributed by atoms with Crippen LogP contribution >= 0.6 is 34.4 Å². The Morgan fingerprint density at radius 1 is 1.35 bits per heavy atom. The van der Waals surface area contributed by atoms with Gasteiger partial charge in [0.25, 0.3) is 0 Å². The largest absolute Gasteiger partial charge is 0.274 e. The van der Waals surface area contributed by atoms with Crippen molar-refractivity contribution in [3.63, 3.8) is 0 Å². The molecule has 2 amide bonds. The maximum absolute atomic E-state index is 12.1. The third-order valence-electron chi connectivity index (χ3n) is 2.56. The average Bonchev–Trinajstić information content (AvgIpc) is 2.57. The van der Waals surface area contributed by atoms with Gasteiger partial charge in [0.2, 0.25) is 11.8 Å². The number of imide groups is 1. The average molecular weight is 361 g/mol. The summed E-state index contributed by atoms with van der Waals surface area (Å²) >= 11 is 3.73. The summed E-state index contributed by atoms with van der Waals surface area (Å²) in [5, 5.41) is -0.202. The molecule has 1 heterocycles. The van der Waals surface area contributed by atoms with Gasteiger partial charge in [0.15, 0.2) is 0 Å². The molecule has 0 spiro atoms. The van der Waals surface area contributed by atoms with Gasteiger partial charge in [-0.05, 0) is 52.6 Å². The van der Waals surface area contributed by atoms with Crippen molar-refractivity contribution in [1.29, 1.82) is 0 Å². The van der Waals surface area contributed by atoms with Crippen LogP contribution in [-0.4, -0.2) is 22.8 Å². The molecule has 0 aromatic heterocycles. The normalized spacial score (nSPS) is 20.1. The second-order valence-corrected chi connectivity index (χ2v) is 6.42. The van der Waals surface area contributed by atoms with E-state index < -0.39 is 0 Å². The molecule has 5 heteroatoms. The smallest absolute Gasteiger partial charge is 0.247 e. The summed E-state index contributed by atoms with van der Waals surface area (Å²) in [4.78, 5) is 25.2. The van der Waals surface area contributed by atoms with Crippen molar-refractivity contribution in [2.24, 2.45) is 0 Å². The zero-order chi connectivity index (χ0) is 12.4. The number of halogens is 1. The predicted molar refractivity (Wildman–Crippen MR) is 78.2 cm³/mol. The van der Waals surface area contributed by atoms with E-state index >= 15 is 0 Å². The van der Waals surface area contributed by atoms with Crippen molar-refractivity contribution in [2.45, 2.75) is 18.6 Å². The number of carbonyl (C=O) groups excluding carboxylic acids is 2. The Morgan fingerprint density at radius 2 is 2.00 bits per heavy atom. The van der Waals surface area contributed by atoms with E-state index in [4.69, 9.17) is 0 Å². The van der Waals surface area contributed by atoms with Crippen LogP contribution in [0.3, 0.4) is 0 Å². The van der Waals surface area contributed by atoms with Gasteiger partial charge in [0, 0.05) is 9.99 Å². The highest BCUT2D eigenvalue weighted by atomic mass is 127. The van der Waals surface area contributed by atoms with Gasteiger partial charge in [-0.15, -0.1) is 11.8 Å². The van der Waals surface area contributed by atoms with E-state index in [-0.39, 0.29) is 17.1 Å². The first-order chi connectivity index (χ1) is 8.13. The lowest BCUT2D eigenvalue weighted by atomic mass is 10.3. The Hall–Kier alpha value is -0.560. The Bertz CT molecular complexity index is 446. The van der Waals surface area contributed by atoms with Gasteiger partial charge < -0.3 is 0 Å². The SMILES string of the molecule is CCSC1CC(=O)N(c2ccc(I)cc2)C1=O. The van der Waals surface area contributed by atoms with Crippen LogP contribution in [0.1, 0.15) is 13.3 Å². The summed E-state index contributed by atoms with van der Waals surface area (Å²) in [6.45, 7) is 2.00. The molecule has 0 N–H and O–H groups in total. The highest BCUT2D eigenvalue weighted by Crippen LogP contribution is 2.29. The van der Waals surface area contributed by atoms with E-state index in [1.54, 1.807) is 0 Å². The minimum absolute atomic E-state index is 0.0805. The van der Waals surface area contributed by atoms with Crippen LogP contribution in [0.15, 0.2) is 24.3 Å². The number of benzene rings is 1. The number of hydrogen-bond acceptors (Lipinski definition) is 3. The van der Waals surface area contributed by atoms with Gasteiger partial charge in [0.1, 0.15) is 0 Å². The third kappa shape index (κ3) is 2.65. The maximum Gasteiger partial charge on any atom is 0.247 e. The summed E-state index contributed by atoms with van der Waals surface area (Å²) in [7, 11) is 0. The number of hydrogen-bond donors (Lipinski definition) is 0. The molecule has 0 saturated carbocycles. The zero-order valence-corrected chi connectivity index (χ0v) is 12.3. The van der Waals surface area contributed by atoms with Gasteiger partial charge in [-0.2, -0.15) is 0 Å². The molecule has 1 saturated heterocycles. The van der Waals surface area contributed by atoms with Gasteiger partial charge in [-0.1, -0.05) is 6.92 Å². The lowest BCUT2D eigenvalue weighted by molar-refractivity contribution is -0.121. The molecular formula is C12H12INO2S. The van der Waals surface area contributed by atoms with E-state index in [9.17, 15) is 9.59 Å². The van der Waals surface area contributed by atoms with Gasteiger partial charge in [-0.25, -0.2) is 4.90 Å². The van der Waals surface area contributed by atoms with Crippen LogP contribution in [0.5, 0.6) is 0 Å².